The van der Waals surface area contributed by atoms with Gasteiger partial charge in [-0.15, -0.1) is 0 Å². The predicted molar refractivity (Wildman–Crippen MR) is 162 cm³/mol. The van der Waals surface area contributed by atoms with Crippen molar-refractivity contribution in [2.24, 2.45) is 0 Å². The van der Waals surface area contributed by atoms with Crippen molar-refractivity contribution < 1.29 is 28.7 Å². The first-order valence-electron chi connectivity index (χ1n) is 13.4. The van der Waals surface area contributed by atoms with Crippen molar-refractivity contribution in [1.82, 2.24) is 10.6 Å². The smallest absolute Gasteiger partial charge is 0.338 e. The maximum absolute atomic E-state index is 12.8. The summed E-state index contributed by atoms with van der Waals surface area (Å²) in [6.45, 7) is 6.06. The standard InChI is InChI=1S/C30H40N2O6S2/c1-6-21(17-20(3)22-11-9-8-10-12-22)23-13-15-24(16-14-23)27(33)38-18-25(31-29(35)39-5)19-40-30(36)32-26(7-2)28(34)37-4/h8-16,20-21,25-26H,6-7,17-19H2,1-5H3,(H,31,35)(H,32,36)/t20?,21?,25?,26-/m0/s1. The van der Waals surface area contributed by atoms with Crippen LogP contribution in [0, 0.1) is 0 Å². The van der Waals surface area contributed by atoms with Crippen molar-refractivity contribution >= 4 is 45.9 Å². The number of carbonyl (C=O) groups is 4. The van der Waals surface area contributed by atoms with Gasteiger partial charge in [-0.05, 0) is 60.6 Å². The molecule has 2 rings (SSSR count). The van der Waals surface area contributed by atoms with Crippen LogP contribution in [-0.2, 0) is 14.3 Å². The van der Waals surface area contributed by atoms with Crippen molar-refractivity contribution in [2.45, 2.75) is 64.0 Å². The highest BCUT2D eigenvalue weighted by Gasteiger charge is 2.22. The highest BCUT2D eigenvalue weighted by molar-refractivity contribution is 8.13. The molecule has 0 aliphatic heterocycles. The van der Waals surface area contributed by atoms with Crippen LogP contribution in [0.2, 0.25) is 0 Å². The quantitative estimate of drug-likeness (QED) is 0.245. The molecule has 0 spiro atoms. The van der Waals surface area contributed by atoms with E-state index in [-0.39, 0.29) is 17.6 Å². The van der Waals surface area contributed by atoms with Gasteiger partial charge in [0.1, 0.15) is 12.6 Å². The van der Waals surface area contributed by atoms with Crippen molar-refractivity contribution in [3.63, 3.8) is 0 Å². The predicted octanol–water partition coefficient (Wildman–Crippen LogP) is 6.37. The van der Waals surface area contributed by atoms with Gasteiger partial charge in [0.05, 0.1) is 18.7 Å². The molecule has 2 aromatic carbocycles. The highest BCUT2D eigenvalue weighted by atomic mass is 32.2. The van der Waals surface area contributed by atoms with E-state index in [0.29, 0.717) is 23.8 Å². The zero-order valence-electron chi connectivity index (χ0n) is 23.8. The van der Waals surface area contributed by atoms with Crippen molar-refractivity contribution in [1.29, 1.82) is 0 Å². The van der Waals surface area contributed by atoms with Gasteiger partial charge in [-0.2, -0.15) is 0 Å². The van der Waals surface area contributed by atoms with Crippen molar-refractivity contribution in [3.05, 3.63) is 71.3 Å². The molecular formula is C30H40N2O6S2. The van der Waals surface area contributed by atoms with E-state index in [1.54, 1.807) is 25.3 Å². The molecule has 0 saturated heterocycles. The summed E-state index contributed by atoms with van der Waals surface area (Å²) in [6.07, 6.45) is 4.01. The van der Waals surface area contributed by atoms with E-state index in [9.17, 15) is 19.2 Å². The second-order valence-electron chi connectivity index (χ2n) is 9.43. The number of methoxy groups -OCH3 is 1. The Morgan fingerprint density at radius 3 is 2.12 bits per heavy atom. The number of hydrogen-bond donors (Lipinski definition) is 2. The fourth-order valence-electron chi connectivity index (χ4n) is 4.22. The second kappa shape index (κ2) is 17.7. The van der Waals surface area contributed by atoms with Crippen molar-refractivity contribution in [2.75, 3.05) is 25.7 Å². The Balaban J connectivity index is 1.95. The van der Waals surface area contributed by atoms with Crippen LogP contribution in [0.3, 0.4) is 0 Å². The molecular weight excluding hydrogens is 548 g/mol. The van der Waals surface area contributed by atoms with Gasteiger partial charge < -0.3 is 20.1 Å². The summed E-state index contributed by atoms with van der Waals surface area (Å²) in [5.41, 5.74) is 2.90. The molecule has 0 bridgehead atoms. The summed E-state index contributed by atoms with van der Waals surface area (Å²) in [6, 6.07) is 16.6. The molecule has 2 aromatic rings. The van der Waals surface area contributed by atoms with Gasteiger partial charge in [-0.25, -0.2) is 9.59 Å². The lowest BCUT2D eigenvalue weighted by molar-refractivity contribution is -0.142. The van der Waals surface area contributed by atoms with Crippen molar-refractivity contribution in [3.8, 4) is 0 Å². The minimum atomic E-state index is -0.751. The van der Waals surface area contributed by atoms with Gasteiger partial charge in [0, 0.05) is 5.75 Å². The summed E-state index contributed by atoms with van der Waals surface area (Å²) in [5, 5.41) is 4.60. The average molecular weight is 589 g/mol. The van der Waals surface area contributed by atoms with E-state index >= 15 is 0 Å². The van der Waals surface area contributed by atoms with Crippen LogP contribution in [0.1, 0.15) is 73.4 Å². The monoisotopic (exact) mass is 588 g/mol. The van der Waals surface area contributed by atoms with E-state index in [1.165, 1.54) is 18.2 Å². The van der Waals surface area contributed by atoms with Gasteiger partial charge in [-0.1, -0.05) is 86.8 Å². The first-order valence-corrected chi connectivity index (χ1v) is 15.6. The molecule has 0 saturated carbocycles. The molecule has 218 valence electrons. The summed E-state index contributed by atoms with van der Waals surface area (Å²) < 4.78 is 10.2. The van der Waals surface area contributed by atoms with Crippen LogP contribution in [0.4, 0.5) is 9.59 Å². The maximum Gasteiger partial charge on any atom is 0.338 e. The van der Waals surface area contributed by atoms with E-state index in [0.717, 1.165) is 36.4 Å². The average Bonchev–Trinajstić information content (AvgIpc) is 2.99. The summed E-state index contributed by atoms with van der Waals surface area (Å²) in [4.78, 5) is 48.8. The van der Waals surface area contributed by atoms with Gasteiger partial charge >= 0.3 is 11.9 Å². The largest absolute Gasteiger partial charge is 0.467 e. The lowest BCUT2D eigenvalue weighted by Crippen LogP contribution is -2.42. The number of nitrogens with one attached hydrogen (secondary N) is 2. The maximum atomic E-state index is 12.8. The zero-order valence-corrected chi connectivity index (χ0v) is 25.4. The molecule has 0 fully saturated rings. The molecule has 10 heteroatoms. The molecule has 3 unspecified atom stereocenters. The Labute approximate surface area is 245 Å². The Kier molecular flexibility index (Phi) is 14.7. The van der Waals surface area contributed by atoms with Crippen LogP contribution in [0.5, 0.6) is 0 Å². The van der Waals surface area contributed by atoms with E-state index in [4.69, 9.17) is 4.74 Å². The highest BCUT2D eigenvalue weighted by Crippen LogP contribution is 2.32. The molecule has 0 aliphatic carbocycles. The molecule has 0 aromatic heterocycles. The number of amides is 2. The third-order valence-corrected chi connectivity index (χ3v) is 8.08. The van der Waals surface area contributed by atoms with E-state index in [1.807, 2.05) is 18.2 Å². The Bertz CT molecular complexity index is 1100. The fraction of sp³-hybridized carbons (Fsp3) is 0.467. The lowest BCUT2D eigenvalue weighted by Gasteiger charge is -2.21. The molecule has 0 radical (unpaired) electrons. The fourth-order valence-corrected chi connectivity index (χ4v) is 5.26. The van der Waals surface area contributed by atoms with Crippen LogP contribution >= 0.6 is 23.5 Å². The molecule has 8 nitrogen and oxygen atoms in total. The molecule has 2 N–H and O–H groups in total. The normalized spacial score (nSPS) is 13.8. The Morgan fingerprint density at radius 2 is 1.55 bits per heavy atom. The van der Waals surface area contributed by atoms with Crippen LogP contribution in [0.25, 0.3) is 0 Å². The molecule has 40 heavy (non-hydrogen) atoms. The van der Waals surface area contributed by atoms with Crippen LogP contribution in [0.15, 0.2) is 54.6 Å². The summed E-state index contributed by atoms with van der Waals surface area (Å²) in [7, 11) is 1.26. The molecule has 4 atom stereocenters. The van der Waals surface area contributed by atoms with Gasteiger partial charge in [0.25, 0.3) is 10.5 Å². The first kappa shape index (κ1) is 33.2. The first-order chi connectivity index (χ1) is 19.2. The second-order valence-corrected chi connectivity index (χ2v) is 11.2. The van der Waals surface area contributed by atoms with Crippen LogP contribution in [-0.4, -0.2) is 60.2 Å². The van der Waals surface area contributed by atoms with E-state index in [2.05, 4.69) is 53.5 Å². The summed E-state index contributed by atoms with van der Waals surface area (Å²) in [5.74, 6) is -0.107. The Morgan fingerprint density at radius 1 is 0.875 bits per heavy atom. The number of carbonyl (C=O) groups excluding carboxylic acids is 4. The van der Waals surface area contributed by atoms with Crippen LogP contribution < -0.4 is 10.6 Å². The molecule has 0 aliphatic rings. The minimum absolute atomic E-state index is 0.104. The zero-order chi connectivity index (χ0) is 29.5. The van der Waals surface area contributed by atoms with E-state index < -0.39 is 29.3 Å². The third kappa shape index (κ3) is 10.9. The van der Waals surface area contributed by atoms with Gasteiger partial charge in [0.15, 0.2) is 0 Å². The third-order valence-electron chi connectivity index (χ3n) is 6.64. The summed E-state index contributed by atoms with van der Waals surface area (Å²) >= 11 is 1.88. The lowest BCUT2D eigenvalue weighted by atomic mass is 9.84. The SMILES string of the molecule is CCC(CC(C)c1ccccc1)c1ccc(C(=O)OCC(CSC(=O)N[C@@H](CC)C(=O)OC)NC(=O)SC)cc1. The number of esters is 2. The number of rotatable bonds is 14. The minimum Gasteiger partial charge on any atom is -0.467 e. The van der Waals surface area contributed by atoms with Gasteiger partial charge in [0.2, 0.25) is 0 Å². The number of ether oxygens (including phenoxy) is 2. The number of hydrogen-bond acceptors (Lipinski definition) is 8. The molecule has 0 heterocycles. The number of benzene rings is 2. The van der Waals surface area contributed by atoms with Gasteiger partial charge in [-0.3, -0.25) is 9.59 Å². The topological polar surface area (TPSA) is 111 Å². The number of thioether (sulfide) groups is 2. The Hall–Kier alpha value is -2.98. The molecule has 2 amide bonds.